The van der Waals surface area contributed by atoms with Gasteiger partial charge in [0.05, 0.1) is 39.4 Å². The van der Waals surface area contributed by atoms with Crippen LogP contribution in [0.5, 0.6) is 0 Å². The van der Waals surface area contributed by atoms with Gasteiger partial charge in [0.2, 0.25) is 11.8 Å². The molecule has 0 aromatic heterocycles. The second-order valence-electron chi connectivity index (χ2n) is 7.34. The van der Waals surface area contributed by atoms with Crippen molar-refractivity contribution in [3.05, 3.63) is 28.2 Å². The number of carbonyl (C=O) groups excluding carboxylic acids is 3. The Labute approximate surface area is 190 Å². The molecule has 4 atom stereocenters. The number of thioether (sulfide) groups is 1. The van der Waals surface area contributed by atoms with Crippen LogP contribution in [-0.2, 0) is 9.59 Å². The zero-order chi connectivity index (χ0) is 22.0. The highest BCUT2D eigenvalue weighted by atomic mass is 35.5. The molecule has 30 heavy (non-hydrogen) atoms. The van der Waals surface area contributed by atoms with Crippen molar-refractivity contribution in [3.63, 3.8) is 0 Å². The second-order valence-corrected chi connectivity index (χ2v) is 9.29. The molecule has 0 spiro atoms. The number of anilines is 1. The summed E-state index contributed by atoms with van der Waals surface area (Å²) in [5, 5.41) is 10.0. The van der Waals surface area contributed by atoms with Gasteiger partial charge in [0, 0.05) is 19.8 Å². The number of hydrogen-bond acceptors (Lipinski definition) is 6. The molecule has 11 heteroatoms. The molecule has 164 valence electrons. The molecule has 3 rings (SSSR count). The Balaban J connectivity index is 1.70. The van der Waals surface area contributed by atoms with Crippen molar-refractivity contribution >= 4 is 58.5 Å². The molecular weight excluding hydrogens is 449 g/mol. The van der Waals surface area contributed by atoms with Gasteiger partial charge < -0.3 is 10.2 Å². The maximum absolute atomic E-state index is 12.9. The van der Waals surface area contributed by atoms with Crippen molar-refractivity contribution in [3.8, 4) is 0 Å². The largest absolute Gasteiger partial charge is 0.327 e. The molecule has 1 aromatic rings. The molecule has 2 fully saturated rings. The maximum Gasteiger partial charge on any atom is 0.327 e. The van der Waals surface area contributed by atoms with Crippen molar-refractivity contribution in [2.45, 2.75) is 37.5 Å². The standard InChI is InChI=1S/C19H25Cl2N5O3S/c1-4-5-13-23-16-15(18(28)26(3)19(29)25(16)2)17(24-13)30-9-14(27)22-10-6-7-11(20)12(21)8-10/h6-8,13,15-17,23-24H,4-5,9H2,1-3H3,(H,22,27). The highest BCUT2D eigenvalue weighted by molar-refractivity contribution is 8.00. The Morgan fingerprint density at radius 2 is 1.93 bits per heavy atom. The van der Waals surface area contributed by atoms with Crippen LogP contribution in [0.4, 0.5) is 10.5 Å². The predicted octanol–water partition coefficient (Wildman–Crippen LogP) is 2.78. The highest BCUT2D eigenvalue weighted by Gasteiger charge is 2.50. The molecule has 2 aliphatic rings. The minimum atomic E-state index is -0.506. The second kappa shape index (κ2) is 9.74. The minimum absolute atomic E-state index is 0.0571. The van der Waals surface area contributed by atoms with Crippen LogP contribution in [0.2, 0.25) is 10.0 Å². The van der Waals surface area contributed by atoms with E-state index in [-0.39, 0.29) is 35.1 Å². The molecule has 3 N–H and O–H groups in total. The summed E-state index contributed by atoms with van der Waals surface area (Å²) < 4.78 is 0. The molecule has 1 aromatic carbocycles. The van der Waals surface area contributed by atoms with E-state index in [1.165, 1.54) is 18.8 Å². The number of imide groups is 1. The van der Waals surface area contributed by atoms with E-state index in [2.05, 4.69) is 22.9 Å². The summed E-state index contributed by atoms with van der Waals surface area (Å²) in [4.78, 5) is 40.4. The third-order valence-corrected chi connectivity index (χ3v) is 7.16. The number of rotatable bonds is 6. The molecule has 0 bridgehead atoms. The van der Waals surface area contributed by atoms with E-state index in [1.807, 2.05) is 0 Å². The Hall–Kier alpha value is -1.52. The topological polar surface area (TPSA) is 93.8 Å². The summed E-state index contributed by atoms with van der Waals surface area (Å²) in [5.41, 5.74) is 0.550. The van der Waals surface area contributed by atoms with E-state index in [0.717, 1.165) is 17.7 Å². The van der Waals surface area contributed by atoms with E-state index in [4.69, 9.17) is 23.2 Å². The van der Waals surface area contributed by atoms with E-state index in [1.54, 1.807) is 30.1 Å². The van der Waals surface area contributed by atoms with Gasteiger partial charge in [-0.15, -0.1) is 11.8 Å². The Morgan fingerprint density at radius 3 is 2.60 bits per heavy atom. The summed E-state index contributed by atoms with van der Waals surface area (Å²) in [7, 11) is 3.16. The Kier molecular flexibility index (Phi) is 7.52. The number of hydrogen-bond donors (Lipinski definition) is 3. The van der Waals surface area contributed by atoms with Crippen LogP contribution in [0.25, 0.3) is 0 Å². The molecule has 2 aliphatic heterocycles. The molecular formula is C19H25Cl2N5O3S. The minimum Gasteiger partial charge on any atom is -0.325 e. The highest BCUT2D eigenvalue weighted by Crippen LogP contribution is 2.32. The van der Waals surface area contributed by atoms with Crippen LogP contribution >= 0.6 is 35.0 Å². The normalized spacial score (nSPS) is 26.6. The molecule has 4 unspecified atom stereocenters. The first-order valence-electron chi connectivity index (χ1n) is 9.66. The fraction of sp³-hybridized carbons (Fsp3) is 0.526. The van der Waals surface area contributed by atoms with E-state index < -0.39 is 12.1 Å². The van der Waals surface area contributed by atoms with Crippen molar-refractivity contribution in [2.75, 3.05) is 25.2 Å². The Morgan fingerprint density at radius 1 is 1.20 bits per heavy atom. The SMILES string of the molecule is CCCC1NC(SCC(=O)Nc2ccc(Cl)c(Cl)c2)C2C(=O)N(C)C(=O)N(C)C2N1. The van der Waals surface area contributed by atoms with Crippen molar-refractivity contribution < 1.29 is 14.4 Å². The summed E-state index contributed by atoms with van der Waals surface area (Å²) in [6.07, 6.45) is 1.29. The molecule has 0 saturated carbocycles. The molecule has 4 amide bonds. The van der Waals surface area contributed by atoms with Crippen LogP contribution < -0.4 is 16.0 Å². The van der Waals surface area contributed by atoms with Crippen LogP contribution in [0.1, 0.15) is 19.8 Å². The zero-order valence-electron chi connectivity index (χ0n) is 16.9. The maximum atomic E-state index is 12.9. The third-order valence-electron chi connectivity index (χ3n) is 5.20. The number of carbonyl (C=O) groups is 3. The van der Waals surface area contributed by atoms with Crippen LogP contribution in [0.15, 0.2) is 18.2 Å². The lowest BCUT2D eigenvalue weighted by Crippen LogP contribution is -2.74. The number of nitrogens with one attached hydrogen (secondary N) is 3. The number of urea groups is 1. The lowest BCUT2D eigenvalue weighted by atomic mass is 9.96. The van der Waals surface area contributed by atoms with Gasteiger partial charge in [-0.2, -0.15) is 0 Å². The quantitative estimate of drug-likeness (QED) is 0.587. The van der Waals surface area contributed by atoms with Gasteiger partial charge >= 0.3 is 6.03 Å². The van der Waals surface area contributed by atoms with E-state index in [0.29, 0.717) is 15.7 Å². The summed E-state index contributed by atoms with van der Waals surface area (Å²) in [6.45, 7) is 2.07. The molecule has 2 saturated heterocycles. The van der Waals surface area contributed by atoms with Crippen LogP contribution in [-0.4, -0.2) is 65.2 Å². The monoisotopic (exact) mass is 473 g/mol. The average Bonchev–Trinajstić information content (AvgIpc) is 2.71. The molecule has 8 nitrogen and oxygen atoms in total. The van der Waals surface area contributed by atoms with Crippen LogP contribution in [0, 0.1) is 5.92 Å². The molecule has 0 aliphatic carbocycles. The van der Waals surface area contributed by atoms with Crippen molar-refractivity contribution in [1.82, 2.24) is 20.4 Å². The zero-order valence-corrected chi connectivity index (χ0v) is 19.3. The van der Waals surface area contributed by atoms with Crippen molar-refractivity contribution in [2.24, 2.45) is 5.92 Å². The van der Waals surface area contributed by atoms with E-state index >= 15 is 0 Å². The van der Waals surface area contributed by atoms with Gasteiger partial charge in [0.15, 0.2) is 0 Å². The number of benzene rings is 1. The summed E-state index contributed by atoms with van der Waals surface area (Å²) >= 11 is 13.2. The summed E-state index contributed by atoms with van der Waals surface area (Å²) in [5.74, 6) is -0.855. The smallest absolute Gasteiger partial charge is 0.325 e. The number of nitrogens with zero attached hydrogens (tertiary/aromatic N) is 2. The molecule has 0 radical (unpaired) electrons. The van der Waals surface area contributed by atoms with E-state index in [9.17, 15) is 14.4 Å². The van der Waals surface area contributed by atoms with Gasteiger partial charge in [0.1, 0.15) is 0 Å². The lowest BCUT2D eigenvalue weighted by molar-refractivity contribution is -0.140. The summed E-state index contributed by atoms with van der Waals surface area (Å²) in [6, 6.07) is 4.53. The number of halogens is 2. The van der Waals surface area contributed by atoms with Gasteiger partial charge in [-0.1, -0.05) is 36.5 Å². The predicted molar refractivity (Wildman–Crippen MR) is 120 cm³/mol. The lowest BCUT2D eigenvalue weighted by Gasteiger charge is -2.50. The molecule has 2 heterocycles. The van der Waals surface area contributed by atoms with Crippen LogP contribution in [0.3, 0.4) is 0 Å². The van der Waals surface area contributed by atoms with Gasteiger partial charge in [-0.05, 0) is 24.6 Å². The average molecular weight is 474 g/mol. The number of fused-ring (bicyclic) bond motifs is 1. The first-order valence-corrected chi connectivity index (χ1v) is 11.5. The van der Waals surface area contributed by atoms with Gasteiger partial charge in [-0.3, -0.25) is 25.1 Å². The fourth-order valence-electron chi connectivity index (χ4n) is 3.66. The van der Waals surface area contributed by atoms with Crippen molar-refractivity contribution in [1.29, 1.82) is 0 Å². The fourth-order valence-corrected chi connectivity index (χ4v) is 5.09. The first-order chi connectivity index (χ1) is 14.2. The first kappa shape index (κ1) is 23.1. The third kappa shape index (κ3) is 4.86. The number of amides is 4. The van der Waals surface area contributed by atoms with Gasteiger partial charge in [-0.25, -0.2) is 4.79 Å². The van der Waals surface area contributed by atoms with Gasteiger partial charge in [0.25, 0.3) is 0 Å². The Bertz CT molecular complexity index is 842.